The van der Waals surface area contributed by atoms with Gasteiger partial charge in [0.15, 0.2) is 17.6 Å². The van der Waals surface area contributed by atoms with E-state index in [9.17, 15) is 9.18 Å². The number of carbonyl (C=O) groups excluding carboxylic acids is 1. The van der Waals surface area contributed by atoms with E-state index in [1.54, 1.807) is 42.1 Å². The van der Waals surface area contributed by atoms with E-state index in [-0.39, 0.29) is 5.56 Å². The first-order chi connectivity index (χ1) is 17.0. The van der Waals surface area contributed by atoms with Crippen LogP contribution in [0.3, 0.4) is 0 Å². The highest BCUT2D eigenvalue weighted by Crippen LogP contribution is 2.30. The molecule has 5 aromatic rings. The first-order valence-electron chi connectivity index (χ1n) is 10.8. The molecule has 0 spiro atoms. The molecule has 9 nitrogen and oxygen atoms in total. The van der Waals surface area contributed by atoms with E-state index in [2.05, 4.69) is 25.6 Å². The van der Waals surface area contributed by atoms with Crippen LogP contribution in [-0.2, 0) is 0 Å². The van der Waals surface area contributed by atoms with Crippen molar-refractivity contribution >= 4 is 22.5 Å². The highest BCUT2D eigenvalue weighted by Gasteiger charge is 2.19. The average Bonchev–Trinajstić information content (AvgIpc) is 3.31. The van der Waals surface area contributed by atoms with Crippen molar-refractivity contribution in [2.24, 2.45) is 0 Å². The normalized spacial score (nSPS) is 12.0. The molecule has 176 valence electrons. The summed E-state index contributed by atoms with van der Waals surface area (Å²) in [4.78, 5) is 16.2. The number of pyridine rings is 1. The van der Waals surface area contributed by atoms with Gasteiger partial charge in [-0.3, -0.25) is 9.78 Å². The Morgan fingerprint density at radius 2 is 1.94 bits per heavy atom. The highest BCUT2D eigenvalue weighted by atomic mass is 19.1. The van der Waals surface area contributed by atoms with Crippen molar-refractivity contribution in [3.63, 3.8) is 0 Å². The minimum absolute atomic E-state index is 0.0356. The third-order valence-corrected chi connectivity index (χ3v) is 5.60. The molecule has 1 unspecified atom stereocenters. The summed E-state index contributed by atoms with van der Waals surface area (Å²) in [6, 6.07) is 15.2. The van der Waals surface area contributed by atoms with Gasteiger partial charge in [0.05, 0.1) is 23.9 Å². The number of carbonyl (C=O) groups is 1. The van der Waals surface area contributed by atoms with Gasteiger partial charge in [-0.05, 0) is 49.4 Å². The molecule has 1 N–H and O–H groups in total. The van der Waals surface area contributed by atoms with Crippen LogP contribution in [0.2, 0.25) is 0 Å². The SMILES string of the molecule is CNC(=O)c1ccc(-c2ccc3nnc(C(C)Oc4ccnc5cc(OC)ccc45)n3n2)cc1F. The van der Waals surface area contributed by atoms with Gasteiger partial charge in [0.25, 0.3) is 5.91 Å². The molecule has 35 heavy (non-hydrogen) atoms. The van der Waals surface area contributed by atoms with Crippen LogP contribution in [0.15, 0.2) is 60.8 Å². The van der Waals surface area contributed by atoms with Crippen LogP contribution in [0.25, 0.3) is 27.8 Å². The number of hydrogen-bond donors (Lipinski definition) is 1. The van der Waals surface area contributed by atoms with Gasteiger partial charge < -0.3 is 14.8 Å². The number of fused-ring (bicyclic) bond motifs is 2. The number of benzene rings is 2. The molecule has 0 aliphatic rings. The van der Waals surface area contributed by atoms with Gasteiger partial charge >= 0.3 is 0 Å². The van der Waals surface area contributed by atoms with Gasteiger partial charge in [0, 0.05) is 30.3 Å². The minimum atomic E-state index is -0.634. The first-order valence-corrected chi connectivity index (χ1v) is 10.8. The summed E-state index contributed by atoms with van der Waals surface area (Å²) in [6.07, 6.45) is 1.16. The number of ether oxygens (including phenoxy) is 2. The van der Waals surface area contributed by atoms with Crippen molar-refractivity contribution in [1.82, 2.24) is 30.1 Å². The molecule has 5 rings (SSSR count). The number of methoxy groups -OCH3 is 1. The van der Waals surface area contributed by atoms with Crippen LogP contribution in [0.5, 0.6) is 11.5 Å². The maximum Gasteiger partial charge on any atom is 0.253 e. The number of aromatic nitrogens is 5. The molecule has 0 aliphatic carbocycles. The molecule has 10 heteroatoms. The minimum Gasteiger partial charge on any atom is -0.497 e. The zero-order valence-corrected chi connectivity index (χ0v) is 19.2. The summed E-state index contributed by atoms with van der Waals surface area (Å²) >= 11 is 0. The van der Waals surface area contributed by atoms with Crippen molar-refractivity contribution in [1.29, 1.82) is 0 Å². The lowest BCUT2D eigenvalue weighted by Gasteiger charge is -2.15. The lowest BCUT2D eigenvalue weighted by atomic mass is 10.1. The van der Waals surface area contributed by atoms with E-state index in [0.717, 1.165) is 10.9 Å². The Hall–Kier alpha value is -4.60. The van der Waals surface area contributed by atoms with Crippen LogP contribution in [0.1, 0.15) is 29.2 Å². The second-order valence-electron chi connectivity index (χ2n) is 7.77. The fourth-order valence-electron chi connectivity index (χ4n) is 3.78. The monoisotopic (exact) mass is 472 g/mol. The molecular formula is C25H21FN6O3. The summed E-state index contributed by atoms with van der Waals surface area (Å²) in [5, 5.41) is 16.3. The molecule has 2 aromatic carbocycles. The predicted octanol–water partition coefficient (Wildman–Crippen LogP) is 3.99. The first kappa shape index (κ1) is 22.2. The Labute approximate surface area is 199 Å². The molecule has 0 radical (unpaired) electrons. The Morgan fingerprint density at radius 1 is 1.09 bits per heavy atom. The molecular weight excluding hydrogens is 451 g/mol. The van der Waals surface area contributed by atoms with Crippen LogP contribution in [0.4, 0.5) is 4.39 Å². The summed E-state index contributed by atoms with van der Waals surface area (Å²) in [6.45, 7) is 1.85. The fraction of sp³-hybridized carbons (Fsp3) is 0.160. The second-order valence-corrected chi connectivity index (χ2v) is 7.77. The van der Waals surface area contributed by atoms with Crippen molar-refractivity contribution in [3.8, 4) is 22.8 Å². The Kier molecular flexibility index (Phi) is 5.69. The van der Waals surface area contributed by atoms with Gasteiger partial charge in [0.2, 0.25) is 0 Å². The van der Waals surface area contributed by atoms with E-state index in [4.69, 9.17) is 9.47 Å². The van der Waals surface area contributed by atoms with E-state index in [1.165, 1.54) is 19.2 Å². The molecule has 0 fully saturated rings. The topological polar surface area (TPSA) is 104 Å². The standard InChI is InChI=1S/C25H21FN6O3/c1-14(35-22-10-11-28-21-13-16(34-3)5-7-18(21)22)24-30-29-23-9-8-20(31-32(23)24)15-4-6-17(19(26)12-15)25(33)27-2/h4-14H,1-3H3,(H,27,33). The molecule has 3 heterocycles. The van der Waals surface area contributed by atoms with Crippen LogP contribution in [0, 0.1) is 5.82 Å². The Morgan fingerprint density at radius 3 is 2.71 bits per heavy atom. The van der Waals surface area contributed by atoms with E-state index in [0.29, 0.717) is 34.2 Å². The third-order valence-electron chi connectivity index (χ3n) is 5.60. The third kappa shape index (κ3) is 4.10. The predicted molar refractivity (Wildman–Crippen MR) is 127 cm³/mol. The van der Waals surface area contributed by atoms with Crippen LogP contribution < -0.4 is 14.8 Å². The smallest absolute Gasteiger partial charge is 0.253 e. The summed E-state index contributed by atoms with van der Waals surface area (Å²) in [7, 11) is 3.06. The molecule has 3 aromatic heterocycles. The van der Waals surface area contributed by atoms with E-state index < -0.39 is 17.8 Å². The highest BCUT2D eigenvalue weighted by molar-refractivity contribution is 5.94. The van der Waals surface area contributed by atoms with Gasteiger partial charge in [-0.1, -0.05) is 6.07 Å². The largest absolute Gasteiger partial charge is 0.497 e. The summed E-state index contributed by atoms with van der Waals surface area (Å²) in [5.74, 6) is 0.681. The van der Waals surface area contributed by atoms with Crippen molar-refractivity contribution < 1.29 is 18.7 Å². The Balaban J connectivity index is 1.48. The molecule has 1 atom stereocenters. The van der Waals surface area contributed by atoms with E-state index >= 15 is 0 Å². The summed E-state index contributed by atoms with van der Waals surface area (Å²) in [5.41, 5.74) is 2.23. The number of amides is 1. The molecule has 0 saturated heterocycles. The number of hydrogen-bond acceptors (Lipinski definition) is 7. The van der Waals surface area contributed by atoms with Gasteiger partial charge in [0.1, 0.15) is 17.3 Å². The zero-order valence-electron chi connectivity index (χ0n) is 19.2. The van der Waals surface area contributed by atoms with Crippen molar-refractivity contribution in [2.45, 2.75) is 13.0 Å². The zero-order chi connectivity index (χ0) is 24.5. The number of nitrogens with zero attached hydrogens (tertiary/aromatic N) is 5. The maximum atomic E-state index is 14.5. The summed E-state index contributed by atoms with van der Waals surface area (Å²) < 4.78 is 27.6. The fourth-order valence-corrected chi connectivity index (χ4v) is 3.78. The Bertz CT molecular complexity index is 1570. The van der Waals surface area contributed by atoms with Gasteiger partial charge in [-0.25, -0.2) is 4.39 Å². The quantitative estimate of drug-likeness (QED) is 0.399. The van der Waals surface area contributed by atoms with Gasteiger partial charge in [-0.2, -0.15) is 9.61 Å². The maximum absolute atomic E-state index is 14.5. The second kappa shape index (κ2) is 8.98. The molecule has 0 aliphatic heterocycles. The van der Waals surface area contributed by atoms with Gasteiger partial charge in [-0.15, -0.1) is 10.2 Å². The molecule has 1 amide bonds. The lowest BCUT2D eigenvalue weighted by molar-refractivity contribution is 0.0959. The van der Waals surface area contributed by atoms with Crippen LogP contribution in [-0.4, -0.2) is 44.9 Å². The molecule has 0 bridgehead atoms. The number of rotatable bonds is 6. The lowest BCUT2D eigenvalue weighted by Crippen LogP contribution is -2.19. The average molecular weight is 472 g/mol. The van der Waals surface area contributed by atoms with Crippen molar-refractivity contribution in [2.75, 3.05) is 14.2 Å². The number of halogens is 1. The molecule has 0 saturated carbocycles. The number of nitrogens with one attached hydrogen (secondary N) is 1. The van der Waals surface area contributed by atoms with Crippen molar-refractivity contribution in [3.05, 3.63) is 78.0 Å². The van der Waals surface area contributed by atoms with E-state index in [1.807, 2.05) is 25.1 Å². The van der Waals surface area contributed by atoms with Crippen LogP contribution >= 0.6 is 0 Å².